The van der Waals surface area contributed by atoms with Crippen LogP contribution in [0.1, 0.15) is 38.5 Å². The molecule has 118 valence electrons. The van der Waals surface area contributed by atoms with Crippen LogP contribution in [-0.2, 0) is 9.59 Å². The van der Waals surface area contributed by atoms with Crippen LogP contribution in [-0.4, -0.2) is 52.1 Å². The van der Waals surface area contributed by atoms with E-state index in [2.05, 4.69) is 0 Å². The van der Waals surface area contributed by atoms with Crippen molar-refractivity contribution < 1.29 is 9.59 Å². The molecule has 0 N–H and O–H groups in total. The average Bonchev–Trinajstić information content (AvgIpc) is 3.15. The topological polar surface area (TPSA) is 40.6 Å². The van der Waals surface area contributed by atoms with Gasteiger partial charge in [0.2, 0.25) is 11.8 Å². The van der Waals surface area contributed by atoms with E-state index in [4.69, 9.17) is 23.2 Å². The zero-order chi connectivity index (χ0) is 15.0. The van der Waals surface area contributed by atoms with Crippen molar-refractivity contribution in [1.82, 2.24) is 9.80 Å². The molecule has 1 atom stereocenters. The van der Waals surface area contributed by atoms with Crippen LogP contribution in [0.3, 0.4) is 0 Å². The first-order valence-electron chi connectivity index (χ1n) is 7.94. The van der Waals surface area contributed by atoms with Crippen molar-refractivity contribution in [3.63, 3.8) is 0 Å². The van der Waals surface area contributed by atoms with Crippen molar-refractivity contribution in [2.45, 2.75) is 42.9 Å². The smallest absolute Gasteiger partial charge is 0.228 e. The first-order valence-corrected chi connectivity index (χ1v) is 8.70. The first kappa shape index (κ1) is 15.4. The predicted molar refractivity (Wildman–Crippen MR) is 82.3 cm³/mol. The molecule has 0 radical (unpaired) electrons. The summed E-state index contributed by atoms with van der Waals surface area (Å²) in [5, 5.41) is 0. The lowest BCUT2D eigenvalue weighted by Gasteiger charge is -2.35. The summed E-state index contributed by atoms with van der Waals surface area (Å²) in [5.41, 5.74) is 0. The molecule has 0 aromatic carbocycles. The van der Waals surface area contributed by atoms with Gasteiger partial charge in [0.1, 0.15) is 4.33 Å². The molecule has 0 spiro atoms. The van der Waals surface area contributed by atoms with Crippen LogP contribution < -0.4 is 0 Å². The molecule has 2 saturated heterocycles. The molecule has 2 aliphatic heterocycles. The number of piperidine rings is 2. The molecule has 1 saturated carbocycles. The van der Waals surface area contributed by atoms with Crippen molar-refractivity contribution >= 4 is 35.0 Å². The summed E-state index contributed by atoms with van der Waals surface area (Å²) in [4.78, 5) is 28.5. The summed E-state index contributed by atoms with van der Waals surface area (Å²) >= 11 is 11.9. The third-order valence-corrected chi connectivity index (χ3v) is 5.78. The fourth-order valence-corrected chi connectivity index (χ4v) is 3.92. The zero-order valence-corrected chi connectivity index (χ0v) is 13.7. The molecule has 0 aromatic rings. The number of rotatable bonds is 2. The highest BCUT2D eigenvalue weighted by molar-refractivity contribution is 6.52. The molecular weight excluding hydrogens is 311 g/mol. The molecule has 1 aliphatic carbocycles. The second kappa shape index (κ2) is 5.96. The number of halogens is 2. The van der Waals surface area contributed by atoms with Crippen LogP contribution in [0.15, 0.2) is 0 Å². The van der Waals surface area contributed by atoms with Gasteiger partial charge in [-0.25, -0.2) is 0 Å². The van der Waals surface area contributed by atoms with Crippen molar-refractivity contribution in [3.8, 4) is 0 Å². The minimum atomic E-state index is -0.850. The minimum Gasteiger partial charge on any atom is -0.342 e. The number of alkyl halides is 2. The first-order chi connectivity index (χ1) is 9.99. The summed E-state index contributed by atoms with van der Waals surface area (Å²) in [6, 6.07) is 0. The highest BCUT2D eigenvalue weighted by Gasteiger charge is 2.57. The Hall–Kier alpha value is -0.480. The number of hydrogen-bond acceptors (Lipinski definition) is 2. The largest absolute Gasteiger partial charge is 0.342 e. The Morgan fingerprint density at radius 1 is 0.857 bits per heavy atom. The number of amides is 2. The molecule has 4 nitrogen and oxygen atoms in total. The van der Waals surface area contributed by atoms with Gasteiger partial charge in [0.05, 0.1) is 5.92 Å². The molecule has 21 heavy (non-hydrogen) atoms. The maximum atomic E-state index is 12.5. The van der Waals surface area contributed by atoms with E-state index in [1.807, 2.05) is 9.80 Å². The van der Waals surface area contributed by atoms with E-state index in [0.29, 0.717) is 19.5 Å². The second-order valence-electron chi connectivity index (χ2n) is 6.50. The number of nitrogens with zero attached hydrogens (tertiary/aromatic N) is 2. The zero-order valence-electron chi connectivity index (χ0n) is 12.2. The normalized spacial score (nSPS) is 29.3. The van der Waals surface area contributed by atoms with E-state index in [9.17, 15) is 9.59 Å². The molecular formula is C15H22Cl2N2O2. The van der Waals surface area contributed by atoms with E-state index >= 15 is 0 Å². The number of hydrogen-bond donors (Lipinski definition) is 0. The van der Waals surface area contributed by atoms with Crippen molar-refractivity contribution in [2.24, 2.45) is 11.8 Å². The third kappa shape index (κ3) is 3.31. The third-order valence-electron chi connectivity index (χ3n) is 4.95. The average molecular weight is 333 g/mol. The van der Waals surface area contributed by atoms with Crippen LogP contribution in [0, 0.1) is 11.8 Å². The van der Waals surface area contributed by atoms with Crippen LogP contribution >= 0.6 is 23.2 Å². The van der Waals surface area contributed by atoms with Gasteiger partial charge in [-0.2, -0.15) is 0 Å². The molecule has 3 fully saturated rings. The van der Waals surface area contributed by atoms with Crippen LogP contribution in [0.5, 0.6) is 0 Å². The van der Waals surface area contributed by atoms with Gasteiger partial charge < -0.3 is 9.80 Å². The van der Waals surface area contributed by atoms with Crippen LogP contribution in [0.4, 0.5) is 0 Å². The van der Waals surface area contributed by atoms with Gasteiger partial charge in [-0.05, 0) is 38.5 Å². The Labute approximate surface area is 135 Å². The summed E-state index contributed by atoms with van der Waals surface area (Å²) in [7, 11) is 0. The molecule has 2 amide bonds. The van der Waals surface area contributed by atoms with E-state index in [1.165, 1.54) is 6.42 Å². The Balaban J connectivity index is 1.48. The quantitative estimate of drug-likeness (QED) is 0.728. The molecule has 2 heterocycles. The van der Waals surface area contributed by atoms with Gasteiger partial charge in [-0.3, -0.25) is 9.59 Å². The highest BCUT2D eigenvalue weighted by atomic mass is 35.5. The summed E-state index contributed by atoms with van der Waals surface area (Å²) in [6.07, 6.45) is 5.57. The monoisotopic (exact) mass is 332 g/mol. The fourth-order valence-electron chi connectivity index (χ4n) is 3.42. The maximum absolute atomic E-state index is 12.5. The number of carbonyl (C=O) groups excluding carboxylic acids is 2. The van der Waals surface area contributed by atoms with Gasteiger partial charge >= 0.3 is 0 Å². The summed E-state index contributed by atoms with van der Waals surface area (Å²) in [5.74, 6) is 0.194. The molecule has 3 rings (SSSR count). The lowest BCUT2D eigenvalue weighted by molar-refractivity contribution is -0.141. The summed E-state index contributed by atoms with van der Waals surface area (Å²) in [6.45, 7) is 3.12. The van der Waals surface area contributed by atoms with Gasteiger partial charge in [0, 0.05) is 32.1 Å². The summed E-state index contributed by atoms with van der Waals surface area (Å²) < 4.78 is -0.850. The molecule has 1 unspecified atom stereocenters. The minimum absolute atomic E-state index is 0.0591. The van der Waals surface area contributed by atoms with Gasteiger partial charge in [-0.1, -0.05) is 0 Å². The lowest BCUT2D eigenvalue weighted by Crippen LogP contribution is -2.46. The van der Waals surface area contributed by atoms with E-state index in [-0.39, 0.29) is 23.7 Å². The van der Waals surface area contributed by atoms with Crippen molar-refractivity contribution in [1.29, 1.82) is 0 Å². The molecule has 6 heteroatoms. The highest BCUT2D eigenvalue weighted by Crippen LogP contribution is 2.54. The van der Waals surface area contributed by atoms with Crippen LogP contribution in [0.25, 0.3) is 0 Å². The van der Waals surface area contributed by atoms with Crippen LogP contribution in [0.2, 0.25) is 0 Å². The fraction of sp³-hybridized carbons (Fsp3) is 0.867. The Bertz CT molecular complexity index is 427. The standard InChI is InChI=1S/C15H22Cl2N2O2/c16-15(17)10-12(15)14(21)19-8-4-11(5-9-19)13(20)18-6-2-1-3-7-18/h11-12H,1-10H2. The maximum Gasteiger partial charge on any atom is 0.228 e. The van der Waals surface area contributed by atoms with E-state index in [1.54, 1.807) is 0 Å². The Morgan fingerprint density at radius 2 is 1.38 bits per heavy atom. The van der Waals surface area contributed by atoms with Gasteiger partial charge in [0.15, 0.2) is 0 Å². The molecule has 0 bridgehead atoms. The number of carbonyl (C=O) groups is 2. The van der Waals surface area contributed by atoms with E-state index < -0.39 is 4.33 Å². The van der Waals surface area contributed by atoms with Crippen molar-refractivity contribution in [2.75, 3.05) is 26.2 Å². The SMILES string of the molecule is O=C(C1CCN(C(=O)C2CC2(Cl)Cl)CC1)N1CCCCC1. The number of likely N-dealkylation sites (tertiary alicyclic amines) is 2. The second-order valence-corrected chi connectivity index (χ2v) is 8.05. The molecule has 3 aliphatic rings. The van der Waals surface area contributed by atoms with Crippen molar-refractivity contribution in [3.05, 3.63) is 0 Å². The Morgan fingerprint density at radius 3 is 1.90 bits per heavy atom. The predicted octanol–water partition coefficient (Wildman–Crippen LogP) is 2.43. The van der Waals surface area contributed by atoms with E-state index in [0.717, 1.165) is 38.8 Å². The Kier molecular flexibility index (Phi) is 4.37. The van der Waals surface area contributed by atoms with Gasteiger partial charge in [-0.15, -0.1) is 23.2 Å². The van der Waals surface area contributed by atoms with Gasteiger partial charge in [0.25, 0.3) is 0 Å². The molecule has 0 aromatic heterocycles. The lowest BCUT2D eigenvalue weighted by atomic mass is 9.94.